The van der Waals surface area contributed by atoms with Crippen LogP contribution >= 0.6 is 0 Å². The smallest absolute Gasteiger partial charge is 0.323 e. The van der Waals surface area contributed by atoms with Crippen LogP contribution in [0.4, 0.5) is 14.5 Å². The lowest BCUT2D eigenvalue weighted by molar-refractivity contribution is -0.147. The van der Waals surface area contributed by atoms with E-state index in [-0.39, 0.29) is 24.7 Å². The van der Waals surface area contributed by atoms with E-state index in [9.17, 15) is 23.2 Å². The second kappa shape index (κ2) is 6.94. The maximum atomic E-state index is 13.9. The molecule has 2 amide bonds. The molecule has 1 fully saturated rings. The minimum absolute atomic E-state index is 0.0664. The van der Waals surface area contributed by atoms with Crippen molar-refractivity contribution in [3.63, 3.8) is 0 Å². The summed E-state index contributed by atoms with van der Waals surface area (Å²) in [5.41, 5.74) is -0.0916. The zero-order chi connectivity index (χ0) is 18.0. The number of carbonyl (C=O) groups is 3. The summed E-state index contributed by atoms with van der Waals surface area (Å²) in [6, 6.07) is 2.50. The highest BCUT2D eigenvalue weighted by Gasteiger charge is 2.39. The van der Waals surface area contributed by atoms with Crippen LogP contribution in [-0.4, -0.2) is 46.9 Å². The van der Waals surface area contributed by atoms with Crippen LogP contribution < -0.4 is 4.90 Å². The zero-order valence-electron chi connectivity index (χ0n) is 13.3. The van der Waals surface area contributed by atoms with Crippen molar-refractivity contribution in [2.45, 2.75) is 26.3 Å². The average molecular weight is 340 g/mol. The number of hydrogen-bond donors (Lipinski definition) is 1. The fourth-order valence-electron chi connectivity index (χ4n) is 2.70. The molecule has 1 aliphatic rings. The molecule has 1 saturated heterocycles. The van der Waals surface area contributed by atoms with E-state index in [4.69, 9.17) is 5.11 Å². The van der Waals surface area contributed by atoms with Crippen LogP contribution in [0.5, 0.6) is 0 Å². The molecule has 0 radical (unpaired) electrons. The van der Waals surface area contributed by atoms with E-state index in [0.29, 0.717) is 6.07 Å². The highest BCUT2D eigenvalue weighted by Crippen LogP contribution is 2.29. The Balaban J connectivity index is 2.19. The van der Waals surface area contributed by atoms with Crippen molar-refractivity contribution in [2.24, 2.45) is 5.92 Å². The SMILES string of the molecule is CC(C)N(CC(=O)O)C(=O)C1CC(=O)N(c2ccc(F)cc2F)C1. The molecule has 1 aromatic carbocycles. The number of carboxylic acids is 1. The Morgan fingerprint density at radius 1 is 1.38 bits per heavy atom. The van der Waals surface area contributed by atoms with E-state index in [1.54, 1.807) is 13.8 Å². The van der Waals surface area contributed by atoms with Gasteiger partial charge in [-0.2, -0.15) is 0 Å². The minimum Gasteiger partial charge on any atom is -0.480 e. The van der Waals surface area contributed by atoms with E-state index in [2.05, 4.69) is 0 Å². The second-order valence-corrected chi connectivity index (χ2v) is 5.95. The number of halogens is 2. The van der Waals surface area contributed by atoms with Crippen LogP contribution in [0.25, 0.3) is 0 Å². The summed E-state index contributed by atoms with van der Waals surface area (Å²) < 4.78 is 26.8. The molecule has 0 aliphatic carbocycles. The fourth-order valence-corrected chi connectivity index (χ4v) is 2.70. The summed E-state index contributed by atoms with van der Waals surface area (Å²) in [5.74, 6) is -4.49. The first-order chi connectivity index (χ1) is 11.2. The maximum absolute atomic E-state index is 13.9. The van der Waals surface area contributed by atoms with Gasteiger partial charge in [0.2, 0.25) is 11.8 Å². The summed E-state index contributed by atoms with van der Waals surface area (Å²) in [6.07, 6.45) is -0.140. The van der Waals surface area contributed by atoms with E-state index >= 15 is 0 Å². The number of amides is 2. The van der Waals surface area contributed by atoms with Gasteiger partial charge in [0, 0.05) is 25.1 Å². The highest BCUT2D eigenvalue weighted by molar-refractivity contribution is 6.00. The van der Waals surface area contributed by atoms with Crippen molar-refractivity contribution in [3.05, 3.63) is 29.8 Å². The van der Waals surface area contributed by atoms with E-state index in [1.807, 2.05) is 0 Å². The van der Waals surface area contributed by atoms with Crippen LogP contribution in [0.1, 0.15) is 20.3 Å². The monoisotopic (exact) mass is 340 g/mol. The molecule has 1 aliphatic heterocycles. The number of rotatable bonds is 5. The molecule has 8 heteroatoms. The Morgan fingerprint density at radius 3 is 2.58 bits per heavy atom. The van der Waals surface area contributed by atoms with Crippen molar-refractivity contribution in [1.29, 1.82) is 0 Å². The topological polar surface area (TPSA) is 77.9 Å². The quantitative estimate of drug-likeness (QED) is 0.884. The molecule has 1 unspecified atom stereocenters. The molecule has 1 aromatic rings. The maximum Gasteiger partial charge on any atom is 0.323 e. The number of carbonyl (C=O) groups excluding carboxylic acids is 2. The van der Waals surface area contributed by atoms with E-state index in [0.717, 1.165) is 17.0 Å². The van der Waals surface area contributed by atoms with Crippen molar-refractivity contribution >= 4 is 23.5 Å². The first-order valence-corrected chi connectivity index (χ1v) is 7.48. The second-order valence-electron chi connectivity index (χ2n) is 5.95. The van der Waals surface area contributed by atoms with Gasteiger partial charge < -0.3 is 14.9 Å². The van der Waals surface area contributed by atoms with Crippen LogP contribution in [0.15, 0.2) is 18.2 Å². The third-order valence-corrected chi connectivity index (χ3v) is 3.89. The molecular weight excluding hydrogens is 322 g/mol. The van der Waals surface area contributed by atoms with Gasteiger partial charge in [0.25, 0.3) is 0 Å². The molecule has 0 aromatic heterocycles. The third kappa shape index (κ3) is 3.69. The van der Waals surface area contributed by atoms with Crippen LogP contribution in [0.2, 0.25) is 0 Å². The van der Waals surface area contributed by atoms with Crippen molar-refractivity contribution < 1.29 is 28.3 Å². The van der Waals surface area contributed by atoms with Gasteiger partial charge in [0.15, 0.2) is 0 Å². The number of carboxylic acid groups (broad SMARTS) is 1. The molecule has 1 atom stereocenters. The summed E-state index contributed by atoms with van der Waals surface area (Å²) in [4.78, 5) is 37.8. The van der Waals surface area contributed by atoms with Crippen LogP contribution in [-0.2, 0) is 14.4 Å². The normalized spacial score (nSPS) is 17.5. The Kier molecular flexibility index (Phi) is 5.16. The summed E-state index contributed by atoms with van der Waals surface area (Å²) in [5, 5.41) is 8.91. The van der Waals surface area contributed by atoms with Crippen LogP contribution in [0, 0.1) is 17.6 Å². The van der Waals surface area contributed by atoms with Crippen molar-refractivity contribution in [1.82, 2.24) is 4.90 Å². The van der Waals surface area contributed by atoms with Crippen molar-refractivity contribution in [2.75, 3.05) is 18.0 Å². The molecule has 0 spiro atoms. The predicted octanol–water partition coefficient (Wildman–Crippen LogP) is 1.64. The largest absolute Gasteiger partial charge is 0.480 e. The van der Waals surface area contributed by atoms with Gasteiger partial charge in [-0.1, -0.05) is 0 Å². The van der Waals surface area contributed by atoms with Gasteiger partial charge in [0.05, 0.1) is 11.6 Å². The van der Waals surface area contributed by atoms with Gasteiger partial charge in [-0.05, 0) is 26.0 Å². The number of anilines is 1. The number of benzene rings is 1. The lowest BCUT2D eigenvalue weighted by Gasteiger charge is -2.27. The van der Waals surface area contributed by atoms with Gasteiger partial charge in [0.1, 0.15) is 18.2 Å². The molecule has 2 rings (SSSR count). The van der Waals surface area contributed by atoms with E-state index in [1.165, 1.54) is 4.90 Å². The average Bonchev–Trinajstić information content (AvgIpc) is 2.85. The van der Waals surface area contributed by atoms with Crippen molar-refractivity contribution in [3.8, 4) is 0 Å². The van der Waals surface area contributed by atoms with Gasteiger partial charge in [-0.3, -0.25) is 14.4 Å². The zero-order valence-corrected chi connectivity index (χ0v) is 13.3. The lowest BCUT2D eigenvalue weighted by Crippen LogP contribution is -2.44. The molecule has 1 N–H and O–H groups in total. The molecule has 24 heavy (non-hydrogen) atoms. The first kappa shape index (κ1) is 17.8. The predicted molar refractivity (Wildman–Crippen MR) is 81.3 cm³/mol. The fraction of sp³-hybridized carbons (Fsp3) is 0.438. The molecule has 0 saturated carbocycles. The lowest BCUT2D eigenvalue weighted by atomic mass is 10.1. The first-order valence-electron chi connectivity index (χ1n) is 7.48. The summed E-state index contributed by atoms with van der Waals surface area (Å²) in [7, 11) is 0. The third-order valence-electron chi connectivity index (χ3n) is 3.89. The summed E-state index contributed by atoms with van der Waals surface area (Å²) in [6.45, 7) is 2.82. The molecule has 130 valence electrons. The van der Waals surface area contributed by atoms with Gasteiger partial charge in [-0.15, -0.1) is 0 Å². The Hall–Kier alpha value is -2.51. The number of nitrogens with zero attached hydrogens (tertiary/aromatic N) is 2. The Labute approximate surface area is 137 Å². The number of aliphatic carboxylic acids is 1. The molecule has 1 heterocycles. The number of hydrogen-bond acceptors (Lipinski definition) is 3. The minimum atomic E-state index is -1.15. The van der Waals surface area contributed by atoms with Gasteiger partial charge >= 0.3 is 5.97 Å². The molecule has 6 nitrogen and oxygen atoms in total. The Morgan fingerprint density at radius 2 is 2.04 bits per heavy atom. The molecular formula is C16H18F2N2O4. The standard InChI is InChI=1S/C16H18F2N2O4/c1-9(2)19(8-15(22)23)16(24)10-5-14(21)20(7-10)13-4-3-11(17)6-12(13)18/h3-4,6,9-10H,5,7-8H2,1-2H3,(H,22,23). The van der Waals surface area contributed by atoms with Gasteiger partial charge in [-0.25, -0.2) is 8.78 Å². The summed E-state index contributed by atoms with van der Waals surface area (Å²) >= 11 is 0. The molecule has 0 bridgehead atoms. The highest BCUT2D eigenvalue weighted by atomic mass is 19.1. The van der Waals surface area contributed by atoms with Crippen LogP contribution in [0.3, 0.4) is 0 Å². The van der Waals surface area contributed by atoms with E-state index < -0.39 is 41.9 Å². The Bertz CT molecular complexity index is 678.